The Morgan fingerprint density at radius 1 is 0.789 bits per heavy atom. The summed E-state index contributed by atoms with van der Waals surface area (Å²) in [7, 11) is -2.86. The quantitative estimate of drug-likeness (QED) is 0.0273. The Bertz CT molecular complexity index is 1900. The van der Waals surface area contributed by atoms with Crippen molar-refractivity contribution in [3.8, 4) is 0 Å². The molecule has 6 N–H and O–H groups in total. The minimum Gasteiger partial charge on any atom is -0.481 e. The number of carbonyl (C=O) groups is 7. The first-order valence-corrected chi connectivity index (χ1v) is 18.5. The molecule has 2 heterocycles. The van der Waals surface area contributed by atoms with Gasteiger partial charge >= 0.3 is 23.9 Å². The number of benzene rings is 1. The van der Waals surface area contributed by atoms with Crippen LogP contribution in [0, 0.1) is 0 Å². The molecule has 2 amide bonds. The smallest absolute Gasteiger partial charge is 0.323 e. The molecular formula is C34H44N8O14S. The number of carboxylic acid groups (broad SMARTS) is 4. The lowest BCUT2D eigenvalue weighted by Crippen LogP contribution is -2.51. The number of aromatic nitrogens is 4. The van der Waals surface area contributed by atoms with Gasteiger partial charge in [0.05, 0.1) is 19.7 Å². The molecule has 310 valence electrons. The highest BCUT2D eigenvalue weighted by atomic mass is 32.2. The van der Waals surface area contributed by atoms with Crippen molar-refractivity contribution in [3.05, 3.63) is 66.3 Å². The van der Waals surface area contributed by atoms with Gasteiger partial charge in [0, 0.05) is 61.8 Å². The highest BCUT2D eigenvalue weighted by molar-refractivity contribution is 7.73. The Morgan fingerprint density at radius 3 is 1.82 bits per heavy atom. The predicted molar refractivity (Wildman–Crippen MR) is 196 cm³/mol. The number of aliphatic carboxylic acids is 4. The van der Waals surface area contributed by atoms with Crippen LogP contribution in [0.1, 0.15) is 49.3 Å². The molecular weight excluding hydrogens is 776 g/mol. The first kappa shape index (κ1) is 45.0. The van der Waals surface area contributed by atoms with Crippen LogP contribution in [-0.4, -0.2) is 132 Å². The number of hydrogen-bond donors (Lipinski definition) is 7. The normalized spacial score (nSPS) is 11.3. The molecule has 0 atom stereocenters. The molecule has 2 aromatic heterocycles. The third kappa shape index (κ3) is 16.1. The average Bonchev–Trinajstić information content (AvgIpc) is 3.76. The molecule has 3 aromatic rings. The number of hydrogen-bond acceptors (Lipinski definition) is 13. The summed E-state index contributed by atoms with van der Waals surface area (Å²) in [6.45, 7) is -1.90. The summed E-state index contributed by atoms with van der Waals surface area (Å²) in [5.74, 6) is -5.78. The number of anilines is 1. The molecule has 0 aliphatic heterocycles. The molecule has 23 heteroatoms. The zero-order valence-corrected chi connectivity index (χ0v) is 31.5. The fourth-order valence-corrected chi connectivity index (χ4v) is 6.24. The molecule has 0 aliphatic carbocycles. The van der Waals surface area contributed by atoms with Crippen LogP contribution in [0.2, 0.25) is 0 Å². The van der Waals surface area contributed by atoms with E-state index in [2.05, 4.69) is 20.0 Å². The minimum atomic E-state index is -2.86. The fourth-order valence-electron chi connectivity index (χ4n) is 5.88. The second-order valence-corrected chi connectivity index (χ2v) is 13.6. The molecule has 0 unspecified atom stereocenters. The second-order valence-electron chi connectivity index (χ2n) is 12.8. The minimum absolute atomic E-state index is 0.0472. The number of ether oxygens (including phenoxy) is 1. The molecule has 0 fully saturated rings. The summed E-state index contributed by atoms with van der Waals surface area (Å²) in [5, 5.41) is 39.9. The molecule has 22 nitrogen and oxygen atoms in total. The monoisotopic (exact) mass is 820 g/mol. The maximum absolute atomic E-state index is 13.5. The van der Waals surface area contributed by atoms with Gasteiger partial charge in [0.1, 0.15) is 37.8 Å². The van der Waals surface area contributed by atoms with E-state index in [1.165, 1.54) is 33.9 Å². The number of carboxylic acids is 4. The lowest BCUT2D eigenvalue weighted by molar-refractivity contribution is -0.149. The van der Waals surface area contributed by atoms with E-state index in [-0.39, 0.29) is 52.0 Å². The van der Waals surface area contributed by atoms with Gasteiger partial charge in [0.2, 0.25) is 22.7 Å². The standard InChI is InChI=1S/C34H44N8O14S/c43-23-56-16-10-34(8-5-30(46)47,9-6-31(48)49)37-28(44)19-40-14-11-35-26(40)17-39(13-7-24-1-3-25(4-2-24)38-57(54)55)18-27-36-12-15-41(27)20-29(45)42(21-32(50)51)22-33(52)53/h1-4,11-12,14-15,23,57H,5-10,13,16-22H2,(H,37,44)(H,46,47)(H,48,49)(H,50,51)(H,52,53)(H,38,54,55). The van der Waals surface area contributed by atoms with Gasteiger partial charge in [0.15, 0.2) is 0 Å². The van der Waals surface area contributed by atoms with Crippen LogP contribution in [0.15, 0.2) is 49.1 Å². The van der Waals surface area contributed by atoms with E-state index in [0.717, 1.165) is 5.56 Å². The van der Waals surface area contributed by atoms with E-state index >= 15 is 0 Å². The molecule has 0 aliphatic rings. The fraction of sp³-hybridized carbons (Fsp3) is 0.441. The van der Waals surface area contributed by atoms with Gasteiger partial charge in [-0.25, -0.2) is 18.4 Å². The van der Waals surface area contributed by atoms with E-state index in [0.29, 0.717) is 35.2 Å². The van der Waals surface area contributed by atoms with E-state index < -0.39 is 84.6 Å². The van der Waals surface area contributed by atoms with Crippen LogP contribution in [0.5, 0.6) is 0 Å². The van der Waals surface area contributed by atoms with E-state index in [9.17, 15) is 62.4 Å². The summed E-state index contributed by atoms with van der Waals surface area (Å²) in [6.07, 6.45) is 5.17. The number of carbonyl (C=O) groups excluding carboxylic acids is 3. The van der Waals surface area contributed by atoms with Crippen LogP contribution >= 0.6 is 0 Å². The summed E-state index contributed by atoms with van der Waals surface area (Å²) in [5.41, 5.74) is -0.148. The Hall–Kier alpha value is -6.36. The Balaban J connectivity index is 1.87. The summed E-state index contributed by atoms with van der Waals surface area (Å²) >= 11 is 0. The number of thiol groups is 1. The van der Waals surface area contributed by atoms with Crippen LogP contribution in [0.4, 0.5) is 5.69 Å². The molecule has 57 heavy (non-hydrogen) atoms. The van der Waals surface area contributed by atoms with Gasteiger partial charge in [0.25, 0.3) is 6.47 Å². The van der Waals surface area contributed by atoms with Crippen molar-refractivity contribution in [2.75, 3.05) is 31.0 Å². The van der Waals surface area contributed by atoms with Crippen molar-refractivity contribution in [3.63, 3.8) is 0 Å². The maximum atomic E-state index is 13.5. The second kappa shape index (κ2) is 22.3. The van der Waals surface area contributed by atoms with Crippen LogP contribution in [0.25, 0.3) is 0 Å². The topological polar surface area (TPSA) is 310 Å². The van der Waals surface area contributed by atoms with Crippen molar-refractivity contribution in [1.82, 2.24) is 34.2 Å². The maximum Gasteiger partial charge on any atom is 0.323 e. The summed E-state index contributed by atoms with van der Waals surface area (Å²) < 4.78 is 32.2. The number of nitrogens with one attached hydrogen (secondary N) is 2. The Labute approximate surface area is 327 Å². The van der Waals surface area contributed by atoms with Crippen molar-refractivity contribution in [2.24, 2.45) is 0 Å². The van der Waals surface area contributed by atoms with Gasteiger partial charge in [-0.2, -0.15) is 0 Å². The Morgan fingerprint density at radius 2 is 1.33 bits per heavy atom. The van der Waals surface area contributed by atoms with E-state index in [4.69, 9.17) is 4.74 Å². The highest BCUT2D eigenvalue weighted by Crippen LogP contribution is 2.25. The lowest BCUT2D eigenvalue weighted by Gasteiger charge is -2.34. The highest BCUT2D eigenvalue weighted by Gasteiger charge is 2.33. The van der Waals surface area contributed by atoms with Crippen molar-refractivity contribution in [2.45, 2.75) is 70.2 Å². The molecule has 0 spiro atoms. The zero-order chi connectivity index (χ0) is 42.0. The van der Waals surface area contributed by atoms with Crippen LogP contribution in [-0.2, 0) is 81.8 Å². The number of amides is 2. The molecule has 0 saturated heterocycles. The lowest BCUT2D eigenvalue weighted by atomic mass is 9.85. The van der Waals surface area contributed by atoms with Crippen LogP contribution < -0.4 is 10.0 Å². The number of imidazole rings is 2. The van der Waals surface area contributed by atoms with Gasteiger partial charge in [-0.05, 0) is 37.0 Å². The SMILES string of the molecule is O=COCCC(CCC(=O)O)(CCC(=O)O)NC(=O)Cn1ccnc1CN(CCc1ccc(N[SH](=O)=O)cc1)Cc1nccn1CC(=O)N(CC(=O)O)CC(=O)O. The molecule has 3 rings (SSSR count). The van der Waals surface area contributed by atoms with Crippen molar-refractivity contribution in [1.29, 1.82) is 0 Å². The molecule has 0 saturated carbocycles. The first-order chi connectivity index (χ1) is 27.1. The molecule has 1 aromatic carbocycles. The Kier molecular flexibility index (Phi) is 17.6. The van der Waals surface area contributed by atoms with Crippen LogP contribution in [0.3, 0.4) is 0 Å². The van der Waals surface area contributed by atoms with Gasteiger partial charge in [-0.1, -0.05) is 12.1 Å². The largest absolute Gasteiger partial charge is 0.481 e. The van der Waals surface area contributed by atoms with Crippen molar-refractivity contribution < 1.29 is 67.1 Å². The van der Waals surface area contributed by atoms with Crippen molar-refractivity contribution >= 4 is 58.7 Å². The van der Waals surface area contributed by atoms with E-state index in [1.807, 2.05) is 4.90 Å². The average molecular weight is 821 g/mol. The third-order valence-electron chi connectivity index (χ3n) is 8.65. The van der Waals surface area contributed by atoms with Gasteiger partial charge < -0.3 is 44.5 Å². The third-order valence-corrected chi connectivity index (χ3v) is 9.10. The number of rotatable bonds is 28. The van der Waals surface area contributed by atoms with Gasteiger partial charge in [-0.3, -0.25) is 43.2 Å². The molecule has 0 radical (unpaired) electrons. The number of nitrogens with zero attached hydrogens (tertiary/aromatic N) is 6. The zero-order valence-electron chi connectivity index (χ0n) is 30.6. The van der Waals surface area contributed by atoms with Gasteiger partial charge in [-0.15, -0.1) is 0 Å². The predicted octanol–water partition coefficient (Wildman–Crippen LogP) is -0.592. The first-order valence-electron chi connectivity index (χ1n) is 17.3. The summed E-state index contributed by atoms with van der Waals surface area (Å²) in [6, 6.07) is 6.63. The summed E-state index contributed by atoms with van der Waals surface area (Å²) in [4.78, 5) is 94.3. The van der Waals surface area contributed by atoms with E-state index in [1.54, 1.807) is 24.3 Å². The molecule has 0 bridgehead atoms.